The van der Waals surface area contributed by atoms with Crippen LogP contribution in [0.3, 0.4) is 0 Å². The first-order chi connectivity index (χ1) is 13.6. The van der Waals surface area contributed by atoms with E-state index >= 15 is 0 Å². The number of hydrogen-bond donors (Lipinski definition) is 1. The average molecular weight is 384 g/mol. The zero-order valence-corrected chi connectivity index (χ0v) is 16.6. The Morgan fingerprint density at radius 3 is 2.46 bits per heavy atom. The van der Waals surface area contributed by atoms with Gasteiger partial charge in [0.15, 0.2) is 0 Å². The Kier molecular flexibility index (Phi) is 5.26. The monoisotopic (exact) mass is 384 g/mol. The van der Waals surface area contributed by atoms with E-state index in [0.717, 1.165) is 36.6 Å². The number of nitrogens with one attached hydrogen (secondary N) is 1. The van der Waals surface area contributed by atoms with E-state index in [2.05, 4.69) is 10.2 Å². The molecule has 0 spiro atoms. The van der Waals surface area contributed by atoms with Crippen LogP contribution in [-0.4, -0.2) is 73.5 Å². The number of carbonyl (C=O) groups excluding carboxylic acids is 2. The Morgan fingerprint density at radius 2 is 1.79 bits per heavy atom. The summed E-state index contributed by atoms with van der Waals surface area (Å²) >= 11 is 0. The third kappa shape index (κ3) is 3.46. The van der Waals surface area contributed by atoms with Gasteiger partial charge in [-0.2, -0.15) is 0 Å². The summed E-state index contributed by atoms with van der Waals surface area (Å²) in [5.41, 5.74) is 2.39. The van der Waals surface area contributed by atoms with Crippen molar-refractivity contribution in [2.75, 3.05) is 46.9 Å². The Labute approximate surface area is 165 Å². The standard InChI is InChI=1S/C21H28N4O3/c1-23-17-14-25(13-12-24-10-4-3-5-11-24)20(26)18(17)19(22-21(23)27)15-6-8-16(28-2)9-7-15/h6-9,19H,3-5,10-14H2,1-2H3,(H,22,27)/t19-/m0/s1. The van der Waals surface area contributed by atoms with Crippen LogP contribution in [0.1, 0.15) is 30.9 Å². The van der Waals surface area contributed by atoms with E-state index in [4.69, 9.17) is 4.74 Å². The number of benzene rings is 1. The molecule has 0 radical (unpaired) electrons. The first-order valence-corrected chi connectivity index (χ1v) is 10.0. The molecular weight excluding hydrogens is 356 g/mol. The number of ether oxygens (including phenoxy) is 1. The van der Waals surface area contributed by atoms with Gasteiger partial charge in [0, 0.05) is 20.1 Å². The molecule has 3 aliphatic heterocycles. The van der Waals surface area contributed by atoms with E-state index in [0.29, 0.717) is 18.7 Å². The van der Waals surface area contributed by atoms with E-state index < -0.39 is 6.04 Å². The first kappa shape index (κ1) is 18.8. The molecule has 28 heavy (non-hydrogen) atoms. The minimum atomic E-state index is -0.419. The summed E-state index contributed by atoms with van der Waals surface area (Å²) in [6, 6.07) is 6.93. The molecule has 4 rings (SSSR count). The lowest BCUT2D eigenvalue weighted by molar-refractivity contribution is -0.126. The molecule has 0 aliphatic carbocycles. The largest absolute Gasteiger partial charge is 0.497 e. The van der Waals surface area contributed by atoms with Crippen LogP contribution >= 0.6 is 0 Å². The number of urea groups is 1. The van der Waals surface area contributed by atoms with Crippen molar-refractivity contribution in [3.8, 4) is 5.75 Å². The number of piperidine rings is 1. The molecule has 3 aliphatic rings. The van der Waals surface area contributed by atoms with Crippen LogP contribution < -0.4 is 10.1 Å². The summed E-state index contributed by atoms with van der Waals surface area (Å²) in [6.45, 7) is 4.32. The molecule has 1 atom stereocenters. The van der Waals surface area contributed by atoms with Crippen LogP contribution in [0.25, 0.3) is 0 Å². The van der Waals surface area contributed by atoms with E-state index in [-0.39, 0.29) is 11.9 Å². The predicted octanol–water partition coefficient (Wildman–Crippen LogP) is 1.97. The maximum atomic E-state index is 13.2. The number of rotatable bonds is 5. The number of hydrogen-bond acceptors (Lipinski definition) is 4. The van der Waals surface area contributed by atoms with Crippen molar-refractivity contribution >= 4 is 11.9 Å². The van der Waals surface area contributed by atoms with Gasteiger partial charge in [-0.1, -0.05) is 18.6 Å². The molecule has 7 nitrogen and oxygen atoms in total. The smallest absolute Gasteiger partial charge is 0.322 e. The first-order valence-electron chi connectivity index (χ1n) is 10.0. The molecule has 1 aromatic rings. The SMILES string of the molecule is COc1ccc([C@@H]2NC(=O)N(C)C3=C2C(=O)N(CCN2CCCCC2)C3)cc1. The number of amides is 3. The van der Waals surface area contributed by atoms with Gasteiger partial charge in [0.2, 0.25) is 0 Å². The zero-order valence-electron chi connectivity index (χ0n) is 16.6. The van der Waals surface area contributed by atoms with Crippen molar-refractivity contribution in [1.29, 1.82) is 0 Å². The molecule has 0 unspecified atom stereocenters. The number of nitrogens with zero attached hydrogens (tertiary/aromatic N) is 3. The van der Waals surface area contributed by atoms with Crippen LogP contribution in [0.15, 0.2) is 35.5 Å². The summed E-state index contributed by atoms with van der Waals surface area (Å²) in [6.07, 6.45) is 3.78. The van der Waals surface area contributed by atoms with Crippen molar-refractivity contribution in [1.82, 2.24) is 20.0 Å². The van der Waals surface area contributed by atoms with Crippen molar-refractivity contribution in [2.24, 2.45) is 0 Å². The molecule has 1 N–H and O–H groups in total. The molecule has 0 bridgehead atoms. The van der Waals surface area contributed by atoms with Crippen molar-refractivity contribution < 1.29 is 14.3 Å². The summed E-state index contributed by atoms with van der Waals surface area (Å²) < 4.78 is 5.22. The van der Waals surface area contributed by atoms with Crippen molar-refractivity contribution in [3.05, 3.63) is 41.1 Å². The number of likely N-dealkylation sites (N-methyl/N-ethyl adjacent to an activating group) is 1. The highest BCUT2D eigenvalue weighted by Crippen LogP contribution is 2.36. The van der Waals surface area contributed by atoms with Gasteiger partial charge in [-0.3, -0.25) is 9.69 Å². The number of methoxy groups -OCH3 is 1. The maximum absolute atomic E-state index is 13.2. The Morgan fingerprint density at radius 1 is 1.07 bits per heavy atom. The van der Waals surface area contributed by atoms with Crippen LogP contribution in [0.2, 0.25) is 0 Å². The minimum absolute atomic E-state index is 0.0275. The third-order valence-corrected chi connectivity index (χ3v) is 6.02. The molecule has 1 fully saturated rings. The average Bonchev–Trinajstić information content (AvgIpc) is 3.07. The lowest BCUT2D eigenvalue weighted by atomic mass is 9.95. The molecule has 1 aromatic carbocycles. The fourth-order valence-electron chi connectivity index (χ4n) is 4.30. The normalized spacial score (nSPS) is 23.1. The molecule has 3 heterocycles. The third-order valence-electron chi connectivity index (χ3n) is 6.02. The van der Waals surface area contributed by atoms with Gasteiger partial charge in [-0.25, -0.2) is 4.79 Å². The molecule has 3 amide bonds. The van der Waals surface area contributed by atoms with Crippen molar-refractivity contribution in [3.63, 3.8) is 0 Å². The minimum Gasteiger partial charge on any atom is -0.497 e. The second kappa shape index (κ2) is 7.83. The summed E-state index contributed by atoms with van der Waals surface area (Å²) in [7, 11) is 3.35. The van der Waals surface area contributed by atoms with Crippen molar-refractivity contribution in [2.45, 2.75) is 25.3 Å². The topological polar surface area (TPSA) is 65.1 Å². The lowest BCUT2D eigenvalue weighted by Crippen LogP contribution is -2.45. The second-order valence-electron chi connectivity index (χ2n) is 7.70. The van der Waals surface area contributed by atoms with Gasteiger partial charge in [-0.15, -0.1) is 0 Å². The number of carbonyl (C=O) groups is 2. The molecule has 7 heteroatoms. The maximum Gasteiger partial charge on any atom is 0.322 e. The Hall–Kier alpha value is -2.54. The highest BCUT2D eigenvalue weighted by molar-refractivity contribution is 6.01. The molecule has 150 valence electrons. The quantitative estimate of drug-likeness (QED) is 0.843. The molecule has 0 aromatic heterocycles. The second-order valence-corrected chi connectivity index (χ2v) is 7.70. The van der Waals surface area contributed by atoms with E-state index in [1.54, 1.807) is 19.1 Å². The Balaban J connectivity index is 1.53. The fraction of sp³-hybridized carbons (Fsp3) is 0.524. The zero-order chi connectivity index (χ0) is 19.7. The Bertz CT molecular complexity index is 783. The molecule has 0 saturated carbocycles. The molecular formula is C21H28N4O3. The lowest BCUT2D eigenvalue weighted by Gasteiger charge is -2.31. The van der Waals surface area contributed by atoms with Gasteiger partial charge in [0.05, 0.1) is 31.0 Å². The van der Waals surface area contributed by atoms with Gasteiger partial charge >= 0.3 is 6.03 Å². The highest BCUT2D eigenvalue weighted by atomic mass is 16.5. The van der Waals surface area contributed by atoms with Gasteiger partial charge in [0.1, 0.15) is 5.75 Å². The van der Waals surface area contributed by atoms with Crippen LogP contribution in [0.5, 0.6) is 5.75 Å². The van der Waals surface area contributed by atoms with Gasteiger partial charge < -0.3 is 19.9 Å². The van der Waals surface area contributed by atoms with Crippen LogP contribution in [-0.2, 0) is 4.79 Å². The molecule has 1 saturated heterocycles. The number of likely N-dealkylation sites (tertiary alicyclic amines) is 1. The van der Waals surface area contributed by atoms with E-state index in [9.17, 15) is 9.59 Å². The summed E-state index contributed by atoms with van der Waals surface area (Å²) in [5.74, 6) is 0.776. The fourth-order valence-corrected chi connectivity index (χ4v) is 4.30. The van der Waals surface area contributed by atoms with E-state index in [1.807, 2.05) is 29.2 Å². The highest BCUT2D eigenvalue weighted by Gasteiger charge is 2.42. The van der Waals surface area contributed by atoms with Gasteiger partial charge in [-0.05, 0) is 43.6 Å². The summed E-state index contributed by atoms with van der Waals surface area (Å²) in [4.78, 5) is 31.6. The predicted molar refractivity (Wildman–Crippen MR) is 106 cm³/mol. The van der Waals surface area contributed by atoms with Crippen LogP contribution in [0.4, 0.5) is 4.79 Å². The summed E-state index contributed by atoms with van der Waals surface area (Å²) in [5, 5.41) is 2.98. The van der Waals surface area contributed by atoms with Crippen LogP contribution in [0, 0.1) is 0 Å². The van der Waals surface area contributed by atoms with Gasteiger partial charge in [0.25, 0.3) is 5.91 Å². The van der Waals surface area contributed by atoms with E-state index in [1.165, 1.54) is 19.3 Å².